The predicted octanol–water partition coefficient (Wildman–Crippen LogP) is 2.13. The number of β-amino-alcohol motifs (C(OH)–C–C–N with tert-alkyl or cyclic N) is 1. The van der Waals surface area contributed by atoms with Crippen LogP contribution in [0.3, 0.4) is 0 Å². The molecule has 122 valence electrons. The van der Waals surface area contributed by atoms with Gasteiger partial charge in [-0.25, -0.2) is 4.79 Å². The summed E-state index contributed by atoms with van der Waals surface area (Å²) in [5.74, 6) is 0. The third kappa shape index (κ3) is 4.45. The Hall–Kier alpha value is -1.59. The Morgan fingerprint density at radius 3 is 2.23 bits per heavy atom. The Kier molecular flexibility index (Phi) is 5.42. The van der Waals surface area contributed by atoms with Gasteiger partial charge < -0.3 is 15.3 Å². The number of nitrogens with one attached hydrogen (secondary N) is 1. The Labute approximate surface area is 132 Å². The van der Waals surface area contributed by atoms with E-state index < -0.39 is 0 Å². The highest BCUT2D eigenvalue weighted by Crippen LogP contribution is 2.23. The van der Waals surface area contributed by atoms with Crippen molar-refractivity contribution >= 4 is 11.7 Å². The molecule has 1 aromatic rings. The Balaban J connectivity index is 1.87. The van der Waals surface area contributed by atoms with Gasteiger partial charge in [-0.1, -0.05) is 32.9 Å². The molecule has 22 heavy (non-hydrogen) atoms. The van der Waals surface area contributed by atoms with Crippen molar-refractivity contribution in [1.29, 1.82) is 0 Å². The van der Waals surface area contributed by atoms with Gasteiger partial charge >= 0.3 is 6.03 Å². The summed E-state index contributed by atoms with van der Waals surface area (Å²) in [5, 5.41) is 11.9. The Morgan fingerprint density at radius 1 is 1.14 bits per heavy atom. The molecule has 0 spiro atoms. The third-order valence-corrected chi connectivity index (χ3v) is 4.08. The highest BCUT2D eigenvalue weighted by molar-refractivity contribution is 5.89. The van der Waals surface area contributed by atoms with Gasteiger partial charge in [0, 0.05) is 38.4 Å². The lowest BCUT2D eigenvalue weighted by atomic mass is 9.87. The molecule has 1 aromatic carbocycles. The topological polar surface area (TPSA) is 55.8 Å². The Bertz CT molecular complexity index is 486. The van der Waals surface area contributed by atoms with Gasteiger partial charge in [0.15, 0.2) is 0 Å². The second-order valence-electron chi connectivity index (χ2n) is 6.81. The van der Waals surface area contributed by atoms with Crippen LogP contribution in [0.2, 0.25) is 0 Å². The summed E-state index contributed by atoms with van der Waals surface area (Å²) in [6.07, 6.45) is 0. The van der Waals surface area contributed by atoms with Crippen LogP contribution < -0.4 is 5.32 Å². The van der Waals surface area contributed by atoms with E-state index in [0.29, 0.717) is 19.6 Å². The minimum absolute atomic E-state index is 0.0489. The van der Waals surface area contributed by atoms with Crippen LogP contribution in [-0.4, -0.2) is 60.3 Å². The Morgan fingerprint density at radius 2 is 1.73 bits per heavy atom. The van der Waals surface area contributed by atoms with Crippen molar-refractivity contribution in [2.75, 3.05) is 44.6 Å². The molecule has 1 fully saturated rings. The highest BCUT2D eigenvalue weighted by atomic mass is 16.3. The van der Waals surface area contributed by atoms with Crippen LogP contribution >= 0.6 is 0 Å². The number of nitrogens with zero attached hydrogens (tertiary/aromatic N) is 2. The fraction of sp³-hybridized carbons (Fsp3) is 0.588. The number of piperazine rings is 1. The fourth-order valence-corrected chi connectivity index (χ4v) is 2.57. The van der Waals surface area contributed by atoms with Crippen molar-refractivity contribution in [3.05, 3.63) is 29.8 Å². The molecule has 1 aliphatic heterocycles. The van der Waals surface area contributed by atoms with E-state index in [1.807, 2.05) is 17.0 Å². The van der Waals surface area contributed by atoms with Gasteiger partial charge in [-0.15, -0.1) is 0 Å². The van der Waals surface area contributed by atoms with Crippen LogP contribution in [0.1, 0.15) is 26.3 Å². The number of aliphatic hydroxyl groups is 1. The summed E-state index contributed by atoms with van der Waals surface area (Å²) < 4.78 is 0. The molecule has 0 atom stereocenters. The molecule has 0 bridgehead atoms. The van der Waals surface area contributed by atoms with Gasteiger partial charge in [0.05, 0.1) is 6.61 Å². The summed E-state index contributed by atoms with van der Waals surface area (Å²) >= 11 is 0. The zero-order valence-electron chi connectivity index (χ0n) is 13.8. The number of aliphatic hydroxyl groups excluding tert-OH is 1. The maximum absolute atomic E-state index is 12.3. The number of anilines is 1. The van der Waals surface area contributed by atoms with Gasteiger partial charge in [-0.2, -0.15) is 0 Å². The summed E-state index contributed by atoms with van der Waals surface area (Å²) in [6, 6.07) is 8.00. The average Bonchev–Trinajstić information content (AvgIpc) is 2.48. The van der Waals surface area contributed by atoms with E-state index in [4.69, 9.17) is 5.11 Å². The standard InChI is InChI=1S/C17H27N3O2/c1-17(2,3)14-4-6-15(7-5-14)18-16(22)20-10-8-19(9-11-20)12-13-21/h4-7,21H,8-13H2,1-3H3,(H,18,22). The quantitative estimate of drug-likeness (QED) is 0.899. The number of rotatable bonds is 3. The van der Waals surface area contributed by atoms with E-state index in [2.05, 4.69) is 43.1 Å². The first-order valence-corrected chi connectivity index (χ1v) is 7.90. The van der Waals surface area contributed by atoms with E-state index in [1.54, 1.807) is 0 Å². The molecule has 0 saturated carbocycles. The molecule has 0 radical (unpaired) electrons. The molecule has 2 amide bonds. The number of benzene rings is 1. The molecule has 1 saturated heterocycles. The van der Waals surface area contributed by atoms with Crippen LogP contribution in [0.5, 0.6) is 0 Å². The van der Waals surface area contributed by atoms with Crippen molar-refractivity contribution in [1.82, 2.24) is 9.80 Å². The van der Waals surface area contributed by atoms with Crippen LogP contribution in [-0.2, 0) is 5.41 Å². The van der Waals surface area contributed by atoms with Gasteiger partial charge in [0.1, 0.15) is 0 Å². The average molecular weight is 305 g/mol. The maximum Gasteiger partial charge on any atom is 0.321 e. The van der Waals surface area contributed by atoms with Crippen molar-refractivity contribution < 1.29 is 9.90 Å². The van der Waals surface area contributed by atoms with E-state index in [-0.39, 0.29) is 18.1 Å². The van der Waals surface area contributed by atoms with Crippen LogP contribution in [0, 0.1) is 0 Å². The van der Waals surface area contributed by atoms with E-state index in [9.17, 15) is 4.79 Å². The first-order valence-electron chi connectivity index (χ1n) is 7.90. The minimum Gasteiger partial charge on any atom is -0.395 e. The number of carbonyl (C=O) groups is 1. The van der Waals surface area contributed by atoms with Crippen LogP contribution in [0.15, 0.2) is 24.3 Å². The number of amides is 2. The number of hydrogen-bond acceptors (Lipinski definition) is 3. The lowest BCUT2D eigenvalue weighted by Crippen LogP contribution is -2.50. The van der Waals surface area contributed by atoms with Crippen LogP contribution in [0.4, 0.5) is 10.5 Å². The monoisotopic (exact) mass is 305 g/mol. The van der Waals surface area contributed by atoms with E-state index in [0.717, 1.165) is 18.8 Å². The molecule has 5 heteroatoms. The summed E-state index contributed by atoms with van der Waals surface area (Å²) in [4.78, 5) is 16.3. The van der Waals surface area contributed by atoms with Crippen molar-refractivity contribution in [2.24, 2.45) is 0 Å². The molecule has 1 aliphatic rings. The molecule has 0 aromatic heterocycles. The zero-order valence-corrected chi connectivity index (χ0v) is 13.8. The SMILES string of the molecule is CC(C)(C)c1ccc(NC(=O)N2CCN(CCO)CC2)cc1. The molecular formula is C17H27N3O2. The molecule has 0 unspecified atom stereocenters. The van der Waals surface area contributed by atoms with E-state index in [1.165, 1.54) is 5.56 Å². The molecule has 2 rings (SSSR count). The first-order chi connectivity index (χ1) is 10.4. The molecule has 0 aliphatic carbocycles. The first kappa shape index (κ1) is 16.8. The molecular weight excluding hydrogens is 278 g/mol. The van der Waals surface area contributed by atoms with Crippen molar-refractivity contribution in [3.63, 3.8) is 0 Å². The maximum atomic E-state index is 12.3. The molecule has 2 N–H and O–H groups in total. The van der Waals surface area contributed by atoms with Crippen molar-refractivity contribution in [2.45, 2.75) is 26.2 Å². The third-order valence-electron chi connectivity index (χ3n) is 4.08. The lowest BCUT2D eigenvalue weighted by Gasteiger charge is -2.34. The van der Waals surface area contributed by atoms with Gasteiger partial charge in [-0.3, -0.25) is 4.90 Å². The molecule has 5 nitrogen and oxygen atoms in total. The van der Waals surface area contributed by atoms with Gasteiger partial charge in [-0.05, 0) is 23.1 Å². The predicted molar refractivity (Wildman–Crippen MR) is 89.3 cm³/mol. The lowest BCUT2D eigenvalue weighted by molar-refractivity contribution is 0.127. The number of urea groups is 1. The van der Waals surface area contributed by atoms with Gasteiger partial charge in [0.2, 0.25) is 0 Å². The second kappa shape index (κ2) is 7.11. The second-order valence-corrected chi connectivity index (χ2v) is 6.81. The summed E-state index contributed by atoms with van der Waals surface area (Å²) in [6.45, 7) is 10.4. The van der Waals surface area contributed by atoms with Crippen LogP contribution in [0.25, 0.3) is 0 Å². The fourth-order valence-electron chi connectivity index (χ4n) is 2.57. The smallest absolute Gasteiger partial charge is 0.321 e. The highest BCUT2D eigenvalue weighted by Gasteiger charge is 2.21. The zero-order chi connectivity index (χ0) is 16.2. The summed E-state index contributed by atoms with van der Waals surface area (Å²) in [7, 11) is 0. The number of carbonyl (C=O) groups excluding carboxylic acids is 1. The summed E-state index contributed by atoms with van der Waals surface area (Å²) in [5.41, 5.74) is 2.20. The van der Waals surface area contributed by atoms with Gasteiger partial charge in [0.25, 0.3) is 0 Å². The molecule has 1 heterocycles. The largest absolute Gasteiger partial charge is 0.395 e. The number of hydrogen-bond donors (Lipinski definition) is 2. The van der Waals surface area contributed by atoms with Crippen molar-refractivity contribution in [3.8, 4) is 0 Å². The van der Waals surface area contributed by atoms with E-state index >= 15 is 0 Å². The minimum atomic E-state index is -0.0489. The normalized spacial score (nSPS) is 16.6.